The molecule has 0 radical (unpaired) electrons. The van der Waals surface area contributed by atoms with Crippen molar-refractivity contribution in [1.29, 1.82) is 0 Å². The molecule has 37 heavy (non-hydrogen) atoms. The van der Waals surface area contributed by atoms with Gasteiger partial charge < -0.3 is 9.47 Å². The zero-order valence-corrected chi connectivity index (χ0v) is 21.0. The van der Waals surface area contributed by atoms with E-state index in [1.807, 2.05) is 0 Å². The van der Waals surface area contributed by atoms with Gasteiger partial charge in [0.05, 0.1) is 6.61 Å². The van der Waals surface area contributed by atoms with Crippen molar-refractivity contribution < 1.29 is 31.4 Å². The number of ether oxygens (including phenoxy) is 2. The molecule has 1 aliphatic carbocycles. The lowest BCUT2D eigenvalue weighted by Crippen LogP contribution is -2.19. The third kappa shape index (κ3) is 6.43. The van der Waals surface area contributed by atoms with Gasteiger partial charge in [0, 0.05) is 0 Å². The number of halogens is 5. The van der Waals surface area contributed by atoms with Gasteiger partial charge >= 0.3 is 0 Å². The van der Waals surface area contributed by atoms with Crippen molar-refractivity contribution in [2.75, 3.05) is 13.2 Å². The highest BCUT2D eigenvalue weighted by atomic mass is 19.2. The van der Waals surface area contributed by atoms with E-state index < -0.39 is 30.6 Å². The minimum atomic E-state index is -2.17. The summed E-state index contributed by atoms with van der Waals surface area (Å²) in [5.74, 6) is -1.33. The molecule has 2 unspecified atom stereocenters. The minimum absolute atomic E-state index is 0.0505. The molecule has 0 aliphatic heterocycles. The highest BCUT2D eigenvalue weighted by molar-refractivity contribution is 5.65. The zero-order valence-electron chi connectivity index (χ0n) is 21.0. The summed E-state index contributed by atoms with van der Waals surface area (Å²) in [5, 5.41) is 0. The van der Waals surface area contributed by atoms with Crippen molar-refractivity contribution in [3.63, 3.8) is 0 Å². The fourth-order valence-electron chi connectivity index (χ4n) is 4.83. The van der Waals surface area contributed by atoms with Gasteiger partial charge in [0.2, 0.25) is 0 Å². The third-order valence-electron chi connectivity index (χ3n) is 7.01. The van der Waals surface area contributed by atoms with E-state index in [0.717, 1.165) is 31.7 Å². The van der Waals surface area contributed by atoms with Gasteiger partial charge in [0.15, 0.2) is 35.5 Å². The molecule has 0 amide bonds. The van der Waals surface area contributed by atoms with Crippen LogP contribution in [0.1, 0.15) is 62.7 Å². The Balaban J connectivity index is 1.39. The van der Waals surface area contributed by atoms with E-state index >= 15 is 0 Å². The lowest BCUT2D eigenvalue weighted by molar-refractivity contribution is 0.107. The Kier molecular flexibility index (Phi) is 8.72. The second kappa shape index (κ2) is 12.0. The average molecular weight is 519 g/mol. The highest BCUT2D eigenvalue weighted by Crippen LogP contribution is 2.38. The van der Waals surface area contributed by atoms with Gasteiger partial charge in [0.1, 0.15) is 12.4 Å². The maximum atomic E-state index is 14.9. The van der Waals surface area contributed by atoms with Gasteiger partial charge in [0.25, 0.3) is 0 Å². The summed E-state index contributed by atoms with van der Waals surface area (Å²) in [6, 6.07) is 12.3. The SMILES string of the molecule is CCOc1ccc(C(F)C(F)COc2ccc(-c3ccc(C4CCC(C)CC4)c(F)c3)cc2F)cc1F. The molecule has 3 aromatic carbocycles. The zero-order chi connectivity index (χ0) is 26.5. The van der Waals surface area contributed by atoms with Gasteiger partial charge in [-0.15, -0.1) is 0 Å². The molecule has 0 aromatic heterocycles. The minimum Gasteiger partial charge on any atom is -0.491 e. The molecule has 7 heteroatoms. The van der Waals surface area contributed by atoms with Crippen LogP contribution in [0.5, 0.6) is 11.5 Å². The van der Waals surface area contributed by atoms with Crippen LogP contribution in [0.4, 0.5) is 22.0 Å². The normalized spacial score (nSPS) is 19.3. The monoisotopic (exact) mass is 518 g/mol. The van der Waals surface area contributed by atoms with Gasteiger partial charge in [-0.1, -0.05) is 44.0 Å². The summed E-state index contributed by atoms with van der Waals surface area (Å²) in [6.07, 6.45) is -0.235. The third-order valence-corrected chi connectivity index (χ3v) is 7.01. The summed E-state index contributed by atoms with van der Waals surface area (Å²) in [5.41, 5.74) is 1.44. The lowest BCUT2D eigenvalue weighted by atomic mass is 9.79. The Morgan fingerprint density at radius 3 is 1.97 bits per heavy atom. The van der Waals surface area contributed by atoms with E-state index in [9.17, 15) is 22.0 Å². The van der Waals surface area contributed by atoms with Crippen molar-refractivity contribution in [3.8, 4) is 22.6 Å². The van der Waals surface area contributed by atoms with Crippen LogP contribution in [0.15, 0.2) is 54.6 Å². The molecule has 0 bridgehead atoms. The molecular weight excluding hydrogens is 487 g/mol. The number of alkyl halides is 2. The summed E-state index contributed by atoms with van der Waals surface area (Å²) in [4.78, 5) is 0. The summed E-state index contributed by atoms with van der Waals surface area (Å²) in [7, 11) is 0. The van der Waals surface area contributed by atoms with Crippen molar-refractivity contribution in [3.05, 3.63) is 83.2 Å². The summed E-state index contributed by atoms with van der Waals surface area (Å²) < 4.78 is 82.8. The second-order valence-corrected chi connectivity index (χ2v) is 9.69. The lowest BCUT2D eigenvalue weighted by Gasteiger charge is -2.26. The summed E-state index contributed by atoms with van der Waals surface area (Å²) >= 11 is 0. The molecule has 2 nitrogen and oxygen atoms in total. The largest absolute Gasteiger partial charge is 0.491 e. The van der Waals surface area contributed by atoms with Crippen molar-refractivity contribution >= 4 is 0 Å². The molecule has 0 heterocycles. The predicted octanol–water partition coefficient (Wildman–Crippen LogP) is 8.89. The van der Waals surface area contributed by atoms with Crippen LogP contribution in [0.3, 0.4) is 0 Å². The Hall–Kier alpha value is -3.09. The Morgan fingerprint density at radius 2 is 1.35 bits per heavy atom. The first-order chi connectivity index (χ1) is 17.8. The van der Waals surface area contributed by atoms with Gasteiger partial charge in [-0.05, 0) is 84.2 Å². The molecule has 0 N–H and O–H groups in total. The maximum Gasteiger partial charge on any atom is 0.169 e. The quantitative estimate of drug-likeness (QED) is 0.263. The summed E-state index contributed by atoms with van der Waals surface area (Å²) in [6.45, 7) is 3.36. The standard InChI is InChI=1S/C30H31F5O2/c1-3-36-28-13-10-22(16-26(28)33)30(35)27(34)17-37-29-12-9-21(15-25(29)32)20-8-11-23(24(31)14-20)19-6-4-18(2)5-7-19/h8-16,18-19,27,30H,3-7,17H2,1-2H3. The molecule has 0 saturated heterocycles. The van der Waals surface area contributed by atoms with E-state index in [2.05, 4.69) is 6.92 Å². The molecule has 1 saturated carbocycles. The van der Waals surface area contributed by atoms with Crippen LogP contribution < -0.4 is 9.47 Å². The number of benzene rings is 3. The van der Waals surface area contributed by atoms with Crippen molar-refractivity contribution in [2.24, 2.45) is 5.92 Å². The first kappa shape index (κ1) is 27.0. The van der Waals surface area contributed by atoms with E-state index in [-0.39, 0.29) is 35.4 Å². The highest BCUT2D eigenvalue weighted by Gasteiger charge is 2.25. The Morgan fingerprint density at radius 1 is 0.757 bits per heavy atom. The smallest absolute Gasteiger partial charge is 0.169 e. The fraction of sp³-hybridized carbons (Fsp3) is 0.400. The van der Waals surface area contributed by atoms with Crippen LogP contribution in [0, 0.1) is 23.4 Å². The molecule has 1 fully saturated rings. The van der Waals surface area contributed by atoms with Crippen LogP contribution in [0.2, 0.25) is 0 Å². The van der Waals surface area contributed by atoms with Gasteiger partial charge in [-0.3, -0.25) is 0 Å². The molecule has 3 aromatic rings. The van der Waals surface area contributed by atoms with E-state index in [4.69, 9.17) is 9.47 Å². The van der Waals surface area contributed by atoms with Crippen LogP contribution in [-0.2, 0) is 0 Å². The number of rotatable bonds is 9. The van der Waals surface area contributed by atoms with Crippen LogP contribution in [0.25, 0.3) is 11.1 Å². The van der Waals surface area contributed by atoms with Crippen LogP contribution in [-0.4, -0.2) is 19.4 Å². The molecule has 2 atom stereocenters. The Bertz CT molecular complexity index is 1210. The first-order valence-electron chi connectivity index (χ1n) is 12.7. The molecule has 198 valence electrons. The molecule has 4 rings (SSSR count). The molecule has 0 spiro atoms. The predicted molar refractivity (Wildman–Crippen MR) is 134 cm³/mol. The van der Waals surface area contributed by atoms with Gasteiger partial charge in [-0.25, -0.2) is 22.0 Å². The van der Waals surface area contributed by atoms with E-state index in [1.54, 1.807) is 19.1 Å². The number of hydrogen-bond acceptors (Lipinski definition) is 2. The second-order valence-electron chi connectivity index (χ2n) is 9.69. The maximum absolute atomic E-state index is 14.9. The molecule has 1 aliphatic rings. The van der Waals surface area contributed by atoms with E-state index in [0.29, 0.717) is 22.6 Å². The molecular formula is C30H31F5O2. The first-order valence-corrected chi connectivity index (χ1v) is 12.7. The fourth-order valence-corrected chi connectivity index (χ4v) is 4.83. The van der Waals surface area contributed by atoms with Crippen molar-refractivity contribution in [2.45, 2.75) is 57.8 Å². The van der Waals surface area contributed by atoms with Crippen LogP contribution >= 0.6 is 0 Å². The topological polar surface area (TPSA) is 18.5 Å². The average Bonchev–Trinajstić information content (AvgIpc) is 2.89. The van der Waals surface area contributed by atoms with Crippen molar-refractivity contribution in [1.82, 2.24) is 0 Å². The Labute approximate surface area is 214 Å². The van der Waals surface area contributed by atoms with Gasteiger partial charge in [-0.2, -0.15) is 0 Å². The number of hydrogen-bond donors (Lipinski definition) is 0. The van der Waals surface area contributed by atoms with E-state index in [1.165, 1.54) is 36.4 Å².